The number of hydrogen-bond acceptors (Lipinski definition) is 5. The summed E-state index contributed by atoms with van der Waals surface area (Å²) in [6, 6.07) is 14.7. The molecule has 3 N–H and O–H groups in total. The number of amides is 2. The van der Waals surface area contributed by atoms with Crippen LogP contribution in [-0.4, -0.2) is 18.3 Å². The first-order chi connectivity index (χ1) is 14.1. The van der Waals surface area contributed by atoms with Gasteiger partial charge >= 0.3 is 11.7 Å². The SMILES string of the molecule is CSc1cccc(NC(=O)Nc2c(NC3CCCC3)c3ccccc3oc2=O)c1. The first-order valence-electron chi connectivity index (χ1n) is 9.68. The lowest BCUT2D eigenvalue weighted by atomic mass is 10.1. The van der Waals surface area contributed by atoms with Crippen molar-refractivity contribution in [1.29, 1.82) is 0 Å². The minimum Gasteiger partial charge on any atom is -0.421 e. The Labute approximate surface area is 173 Å². The molecule has 2 aromatic carbocycles. The third-order valence-electron chi connectivity index (χ3n) is 5.08. The van der Waals surface area contributed by atoms with Crippen molar-refractivity contribution in [3.05, 3.63) is 59.0 Å². The van der Waals surface area contributed by atoms with E-state index in [0.717, 1.165) is 36.0 Å². The Morgan fingerprint density at radius 2 is 1.83 bits per heavy atom. The Bertz CT molecular complexity index is 1090. The van der Waals surface area contributed by atoms with Crippen LogP contribution in [0.15, 0.2) is 62.6 Å². The Hall–Kier alpha value is -2.93. The maximum atomic E-state index is 12.7. The molecule has 29 heavy (non-hydrogen) atoms. The van der Waals surface area contributed by atoms with Gasteiger partial charge in [0, 0.05) is 22.0 Å². The van der Waals surface area contributed by atoms with E-state index in [2.05, 4.69) is 16.0 Å². The second-order valence-corrected chi connectivity index (χ2v) is 7.95. The number of hydrogen-bond donors (Lipinski definition) is 3. The fraction of sp³-hybridized carbons (Fsp3) is 0.273. The predicted octanol–water partition coefficient (Wildman–Crippen LogP) is 5.51. The van der Waals surface area contributed by atoms with Crippen molar-refractivity contribution in [3.63, 3.8) is 0 Å². The topological polar surface area (TPSA) is 83.4 Å². The summed E-state index contributed by atoms with van der Waals surface area (Å²) in [5.41, 5.74) is 1.34. The van der Waals surface area contributed by atoms with Crippen LogP contribution in [0.1, 0.15) is 25.7 Å². The molecular weight excluding hydrogens is 386 g/mol. The van der Waals surface area contributed by atoms with E-state index >= 15 is 0 Å². The molecule has 0 radical (unpaired) electrons. The van der Waals surface area contributed by atoms with Crippen LogP contribution in [0.5, 0.6) is 0 Å². The van der Waals surface area contributed by atoms with Gasteiger partial charge in [-0.2, -0.15) is 0 Å². The first-order valence-corrected chi connectivity index (χ1v) is 10.9. The lowest BCUT2D eigenvalue weighted by Gasteiger charge is -2.18. The molecule has 3 aromatic rings. The van der Waals surface area contributed by atoms with E-state index in [1.54, 1.807) is 23.9 Å². The van der Waals surface area contributed by atoms with Gasteiger partial charge < -0.3 is 15.1 Å². The average Bonchev–Trinajstić information content (AvgIpc) is 3.24. The fourth-order valence-electron chi connectivity index (χ4n) is 3.66. The number of rotatable bonds is 5. The van der Waals surface area contributed by atoms with Gasteiger partial charge in [0.1, 0.15) is 5.58 Å². The summed E-state index contributed by atoms with van der Waals surface area (Å²) in [4.78, 5) is 26.3. The number of benzene rings is 2. The molecule has 0 saturated heterocycles. The minimum atomic E-state index is -0.572. The van der Waals surface area contributed by atoms with Gasteiger partial charge in [0.2, 0.25) is 0 Å². The van der Waals surface area contributed by atoms with Crippen molar-refractivity contribution in [2.24, 2.45) is 0 Å². The van der Waals surface area contributed by atoms with Crippen LogP contribution >= 0.6 is 11.8 Å². The molecule has 0 atom stereocenters. The highest BCUT2D eigenvalue weighted by atomic mass is 32.2. The number of carbonyl (C=O) groups excluding carboxylic acids is 1. The van der Waals surface area contributed by atoms with Crippen molar-refractivity contribution in [3.8, 4) is 0 Å². The fourth-order valence-corrected chi connectivity index (χ4v) is 4.12. The van der Waals surface area contributed by atoms with Gasteiger partial charge in [0.05, 0.1) is 5.69 Å². The molecular formula is C22H23N3O3S. The highest BCUT2D eigenvalue weighted by molar-refractivity contribution is 7.98. The summed E-state index contributed by atoms with van der Waals surface area (Å²) in [5, 5.41) is 9.75. The number of carbonyl (C=O) groups is 1. The number of para-hydroxylation sites is 1. The van der Waals surface area contributed by atoms with Crippen LogP contribution in [0.25, 0.3) is 11.0 Å². The Morgan fingerprint density at radius 3 is 2.62 bits per heavy atom. The molecule has 1 aromatic heterocycles. The molecule has 150 valence electrons. The van der Waals surface area contributed by atoms with E-state index in [4.69, 9.17) is 4.42 Å². The van der Waals surface area contributed by atoms with Gasteiger partial charge in [0.15, 0.2) is 5.69 Å². The highest BCUT2D eigenvalue weighted by Gasteiger charge is 2.21. The molecule has 0 unspecified atom stereocenters. The number of urea groups is 1. The van der Waals surface area contributed by atoms with Crippen LogP contribution in [0, 0.1) is 0 Å². The van der Waals surface area contributed by atoms with Gasteiger partial charge in [-0.15, -0.1) is 11.8 Å². The third-order valence-corrected chi connectivity index (χ3v) is 5.81. The lowest BCUT2D eigenvalue weighted by molar-refractivity contribution is 0.262. The van der Waals surface area contributed by atoms with E-state index in [9.17, 15) is 9.59 Å². The van der Waals surface area contributed by atoms with Crippen LogP contribution in [-0.2, 0) is 0 Å². The van der Waals surface area contributed by atoms with Gasteiger partial charge in [-0.25, -0.2) is 9.59 Å². The monoisotopic (exact) mass is 409 g/mol. The highest BCUT2D eigenvalue weighted by Crippen LogP contribution is 2.32. The normalized spacial score (nSPS) is 14.1. The maximum Gasteiger partial charge on any atom is 0.362 e. The van der Waals surface area contributed by atoms with E-state index < -0.39 is 11.7 Å². The maximum absolute atomic E-state index is 12.7. The second-order valence-electron chi connectivity index (χ2n) is 7.07. The van der Waals surface area contributed by atoms with Gasteiger partial charge in [-0.05, 0) is 49.4 Å². The smallest absolute Gasteiger partial charge is 0.362 e. The number of thioether (sulfide) groups is 1. The summed E-state index contributed by atoms with van der Waals surface area (Å²) in [6.45, 7) is 0. The van der Waals surface area contributed by atoms with Crippen molar-refractivity contribution in [1.82, 2.24) is 0 Å². The molecule has 4 rings (SSSR count). The quantitative estimate of drug-likeness (QED) is 0.382. The molecule has 7 heteroatoms. The first kappa shape index (κ1) is 19.4. The molecule has 1 aliphatic carbocycles. The summed E-state index contributed by atoms with van der Waals surface area (Å²) in [6.07, 6.45) is 6.38. The second kappa shape index (κ2) is 8.61. The third kappa shape index (κ3) is 4.40. The minimum absolute atomic E-state index is 0.133. The molecule has 0 aliphatic heterocycles. The number of nitrogens with one attached hydrogen (secondary N) is 3. The van der Waals surface area contributed by atoms with Crippen LogP contribution in [0.3, 0.4) is 0 Å². The van der Waals surface area contributed by atoms with Gasteiger partial charge in [-0.1, -0.05) is 31.0 Å². The zero-order chi connectivity index (χ0) is 20.2. The molecule has 2 amide bonds. The summed E-state index contributed by atoms with van der Waals surface area (Å²) < 4.78 is 5.44. The van der Waals surface area contributed by atoms with Gasteiger partial charge in [-0.3, -0.25) is 5.32 Å². The van der Waals surface area contributed by atoms with Crippen molar-refractivity contribution in [2.75, 3.05) is 22.2 Å². The van der Waals surface area contributed by atoms with Crippen LogP contribution in [0.2, 0.25) is 0 Å². The molecule has 1 aliphatic rings. The molecule has 6 nitrogen and oxygen atoms in total. The Morgan fingerprint density at radius 1 is 1.03 bits per heavy atom. The molecule has 1 heterocycles. The van der Waals surface area contributed by atoms with Crippen LogP contribution in [0.4, 0.5) is 21.9 Å². The van der Waals surface area contributed by atoms with Crippen molar-refractivity contribution >= 4 is 45.8 Å². The van der Waals surface area contributed by atoms with E-state index in [1.807, 2.05) is 42.7 Å². The largest absolute Gasteiger partial charge is 0.421 e. The lowest BCUT2D eigenvalue weighted by Crippen LogP contribution is -2.26. The summed E-state index contributed by atoms with van der Waals surface area (Å²) >= 11 is 1.59. The molecule has 1 saturated carbocycles. The molecule has 1 fully saturated rings. The summed E-state index contributed by atoms with van der Waals surface area (Å²) in [5.74, 6) is 0. The van der Waals surface area contributed by atoms with Gasteiger partial charge in [0.25, 0.3) is 0 Å². The zero-order valence-corrected chi connectivity index (χ0v) is 17.0. The standard InChI is InChI=1S/C22H23N3O3S/c1-29-16-10-6-9-15(13-16)24-22(27)25-20-19(23-14-7-2-3-8-14)17-11-4-5-12-18(17)28-21(20)26/h4-6,9-14,23H,2-3,7-8H2,1H3,(H2,24,25,27). The van der Waals surface area contributed by atoms with E-state index in [-0.39, 0.29) is 11.7 Å². The van der Waals surface area contributed by atoms with Crippen molar-refractivity contribution in [2.45, 2.75) is 36.6 Å². The zero-order valence-electron chi connectivity index (χ0n) is 16.2. The Balaban J connectivity index is 1.65. The Kier molecular flexibility index (Phi) is 5.76. The predicted molar refractivity (Wildman–Crippen MR) is 119 cm³/mol. The number of fused-ring (bicyclic) bond motifs is 1. The average molecular weight is 410 g/mol. The van der Waals surface area contributed by atoms with E-state index in [1.165, 1.54) is 0 Å². The number of anilines is 3. The summed E-state index contributed by atoms with van der Waals surface area (Å²) in [7, 11) is 0. The van der Waals surface area contributed by atoms with Crippen LogP contribution < -0.4 is 21.6 Å². The molecule has 0 spiro atoms. The van der Waals surface area contributed by atoms with Crippen molar-refractivity contribution < 1.29 is 9.21 Å². The van der Waals surface area contributed by atoms with E-state index in [0.29, 0.717) is 17.0 Å². The molecule has 0 bridgehead atoms.